The lowest BCUT2D eigenvalue weighted by molar-refractivity contribution is 0.415. The number of halogens is 1. The standard InChI is InChI=1S/C17H16ClN3O/c1-21(12-7-9-13(22-2)10-8-12)17-14-5-3-4-6-15(14)19-16(11-18)20-17/h3-10H,11H2,1-2H3. The second kappa shape index (κ2) is 6.20. The molecular formula is C17H16ClN3O. The van der Waals surface area contributed by atoms with E-state index in [1.807, 2.05) is 60.5 Å². The average Bonchev–Trinajstić information content (AvgIpc) is 2.60. The predicted molar refractivity (Wildman–Crippen MR) is 90.2 cm³/mol. The number of benzene rings is 2. The van der Waals surface area contributed by atoms with Crippen LogP contribution in [0.4, 0.5) is 11.5 Å². The van der Waals surface area contributed by atoms with E-state index in [4.69, 9.17) is 16.3 Å². The number of rotatable bonds is 4. The first-order chi connectivity index (χ1) is 10.7. The van der Waals surface area contributed by atoms with Crippen LogP contribution in [0, 0.1) is 0 Å². The first-order valence-electron chi connectivity index (χ1n) is 6.92. The maximum absolute atomic E-state index is 5.93. The molecule has 3 aromatic rings. The number of para-hydroxylation sites is 1. The van der Waals surface area contributed by atoms with Crippen molar-refractivity contribution in [3.63, 3.8) is 0 Å². The molecule has 1 heterocycles. The van der Waals surface area contributed by atoms with Gasteiger partial charge in [-0.3, -0.25) is 0 Å². The lowest BCUT2D eigenvalue weighted by Crippen LogP contribution is -2.13. The van der Waals surface area contributed by atoms with Gasteiger partial charge in [-0.05, 0) is 36.4 Å². The van der Waals surface area contributed by atoms with Crippen LogP contribution in [0.15, 0.2) is 48.5 Å². The number of methoxy groups -OCH3 is 1. The Bertz CT molecular complexity index is 790. The van der Waals surface area contributed by atoms with Crippen LogP contribution < -0.4 is 9.64 Å². The van der Waals surface area contributed by atoms with Gasteiger partial charge in [-0.25, -0.2) is 9.97 Å². The van der Waals surface area contributed by atoms with Gasteiger partial charge in [0.15, 0.2) is 0 Å². The molecular weight excluding hydrogens is 298 g/mol. The van der Waals surface area contributed by atoms with E-state index in [0.717, 1.165) is 28.2 Å². The number of alkyl halides is 1. The highest BCUT2D eigenvalue weighted by molar-refractivity contribution is 6.16. The highest BCUT2D eigenvalue weighted by Gasteiger charge is 2.12. The summed E-state index contributed by atoms with van der Waals surface area (Å²) in [6.07, 6.45) is 0. The Morgan fingerprint density at radius 1 is 1.05 bits per heavy atom. The minimum atomic E-state index is 0.286. The van der Waals surface area contributed by atoms with Crippen LogP contribution in [0.5, 0.6) is 5.75 Å². The summed E-state index contributed by atoms with van der Waals surface area (Å²) in [6, 6.07) is 15.8. The number of fused-ring (bicyclic) bond motifs is 1. The van der Waals surface area contributed by atoms with Gasteiger partial charge in [0.1, 0.15) is 17.4 Å². The second-order valence-electron chi connectivity index (χ2n) is 4.87. The minimum absolute atomic E-state index is 0.286. The first kappa shape index (κ1) is 14.6. The fourth-order valence-corrected chi connectivity index (χ4v) is 2.47. The van der Waals surface area contributed by atoms with Gasteiger partial charge in [-0.15, -0.1) is 11.6 Å². The number of hydrogen-bond donors (Lipinski definition) is 0. The number of nitrogens with zero attached hydrogens (tertiary/aromatic N) is 3. The van der Waals surface area contributed by atoms with Gasteiger partial charge in [0.2, 0.25) is 0 Å². The molecule has 3 rings (SSSR count). The van der Waals surface area contributed by atoms with E-state index in [9.17, 15) is 0 Å². The third-order valence-electron chi connectivity index (χ3n) is 3.53. The van der Waals surface area contributed by atoms with Gasteiger partial charge < -0.3 is 9.64 Å². The molecule has 112 valence electrons. The van der Waals surface area contributed by atoms with Crippen molar-refractivity contribution in [3.8, 4) is 5.75 Å². The fourth-order valence-electron chi connectivity index (χ4n) is 2.35. The highest BCUT2D eigenvalue weighted by Crippen LogP contribution is 2.29. The lowest BCUT2D eigenvalue weighted by Gasteiger charge is -2.20. The van der Waals surface area contributed by atoms with E-state index in [1.54, 1.807) is 7.11 Å². The maximum atomic E-state index is 5.93. The predicted octanol–water partition coefficient (Wildman–Crippen LogP) is 4.15. The molecule has 0 unspecified atom stereocenters. The molecule has 2 aromatic carbocycles. The summed E-state index contributed by atoms with van der Waals surface area (Å²) in [4.78, 5) is 11.1. The van der Waals surface area contributed by atoms with Crippen LogP contribution in [-0.2, 0) is 5.88 Å². The van der Waals surface area contributed by atoms with Gasteiger partial charge >= 0.3 is 0 Å². The largest absolute Gasteiger partial charge is 0.497 e. The lowest BCUT2D eigenvalue weighted by atomic mass is 10.2. The van der Waals surface area contributed by atoms with Gasteiger partial charge in [0.25, 0.3) is 0 Å². The summed E-state index contributed by atoms with van der Waals surface area (Å²) in [6.45, 7) is 0. The summed E-state index contributed by atoms with van der Waals surface area (Å²) >= 11 is 5.93. The zero-order chi connectivity index (χ0) is 15.5. The normalized spacial score (nSPS) is 10.7. The van der Waals surface area contributed by atoms with Gasteiger partial charge in [0, 0.05) is 18.1 Å². The Morgan fingerprint density at radius 2 is 1.77 bits per heavy atom. The Labute approximate surface area is 134 Å². The van der Waals surface area contributed by atoms with Crippen molar-refractivity contribution in [2.45, 2.75) is 5.88 Å². The monoisotopic (exact) mass is 313 g/mol. The van der Waals surface area contributed by atoms with Crippen molar-refractivity contribution in [1.29, 1.82) is 0 Å². The second-order valence-corrected chi connectivity index (χ2v) is 5.14. The zero-order valence-corrected chi connectivity index (χ0v) is 13.2. The summed E-state index contributed by atoms with van der Waals surface area (Å²) in [5, 5.41) is 0.995. The molecule has 0 saturated heterocycles. The smallest absolute Gasteiger partial charge is 0.146 e. The number of aromatic nitrogens is 2. The van der Waals surface area contributed by atoms with Crippen LogP contribution in [0.3, 0.4) is 0 Å². The Hall–Kier alpha value is -2.33. The molecule has 0 radical (unpaired) electrons. The molecule has 0 atom stereocenters. The summed E-state index contributed by atoms with van der Waals surface area (Å²) < 4.78 is 5.20. The third-order valence-corrected chi connectivity index (χ3v) is 3.77. The molecule has 0 amide bonds. The quantitative estimate of drug-likeness (QED) is 0.678. The first-order valence-corrected chi connectivity index (χ1v) is 7.46. The van der Waals surface area contributed by atoms with Gasteiger partial charge in [0.05, 0.1) is 18.5 Å². The molecule has 0 aliphatic rings. The molecule has 0 spiro atoms. The molecule has 1 aromatic heterocycles. The fraction of sp³-hybridized carbons (Fsp3) is 0.176. The number of hydrogen-bond acceptors (Lipinski definition) is 4. The molecule has 0 fully saturated rings. The molecule has 22 heavy (non-hydrogen) atoms. The van der Waals surface area contributed by atoms with E-state index in [2.05, 4.69) is 9.97 Å². The molecule has 0 saturated carbocycles. The van der Waals surface area contributed by atoms with Crippen molar-refractivity contribution in [2.24, 2.45) is 0 Å². The summed E-state index contributed by atoms with van der Waals surface area (Å²) in [5.41, 5.74) is 1.91. The molecule has 4 nitrogen and oxygen atoms in total. The van der Waals surface area contributed by atoms with E-state index < -0.39 is 0 Å². The van der Waals surface area contributed by atoms with Crippen LogP contribution in [0.2, 0.25) is 0 Å². The van der Waals surface area contributed by atoms with Gasteiger partial charge in [-0.2, -0.15) is 0 Å². The van der Waals surface area contributed by atoms with E-state index in [-0.39, 0.29) is 5.88 Å². The van der Waals surface area contributed by atoms with Crippen molar-refractivity contribution in [2.75, 3.05) is 19.1 Å². The van der Waals surface area contributed by atoms with Crippen molar-refractivity contribution in [3.05, 3.63) is 54.4 Å². The maximum Gasteiger partial charge on any atom is 0.146 e. The van der Waals surface area contributed by atoms with Crippen LogP contribution in [0.25, 0.3) is 10.9 Å². The average molecular weight is 314 g/mol. The van der Waals surface area contributed by atoms with E-state index in [1.165, 1.54) is 0 Å². The number of ether oxygens (including phenoxy) is 1. The molecule has 0 aliphatic heterocycles. The van der Waals surface area contributed by atoms with Crippen molar-refractivity contribution < 1.29 is 4.74 Å². The van der Waals surface area contributed by atoms with Crippen LogP contribution in [0.1, 0.15) is 5.82 Å². The highest BCUT2D eigenvalue weighted by atomic mass is 35.5. The molecule has 5 heteroatoms. The number of anilines is 2. The van der Waals surface area contributed by atoms with Gasteiger partial charge in [-0.1, -0.05) is 12.1 Å². The van der Waals surface area contributed by atoms with Crippen LogP contribution in [-0.4, -0.2) is 24.1 Å². The summed E-state index contributed by atoms with van der Waals surface area (Å²) in [5.74, 6) is 2.57. The SMILES string of the molecule is COc1ccc(N(C)c2nc(CCl)nc3ccccc23)cc1. The molecule has 0 bridgehead atoms. The Morgan fingerprint density at radius 3 is 2.45 bits per heavy atom. The van der Waals surface area contributed by atoms with Crippen molar-refractivity contribution in [1.82, 2.24) is 9.97 Å². The Kier molecular flexibility index (Phi) is 4.11. The topological polar surface area (TPSA) is 38.2 Å². The van der Waals surface area contributed by atoms with E-state index >= 15 is 0 Å². The molecule has 0 N–H and O–H groups in total. The third kappa shape index (κ3) is 2.70. The summed E-state index contributed by atoms with van der Waals surface area (Å²) in [7, 11) is 3.64. The minimum Gasteiger partial charge on any atom is -0.497 e. The van der Waals surface area contributed by atoms with Crippen molar-refractivity contribution >= 4 is 34.0 Å². The zero-order valence-electron chi connectivity index (χ0n) is 12.5. The molecule has 0 aliphatic carbocycles. The Balaban J connectivity index is 2.10. The van der Waals surface area contributed by atoms with Crippen LogP contribution >= 0.6 is 11.6 Å². The van der Waals surface area contributed by atoms with E-state index in [0.29, 0.717) is 5.82 Å².